The van der Waals surface area contributed by atoms with Crippen LogP contribution in [-0.4, -0.2) is 34.6 Å². The number of anilines is 2. The summed E-state index contributed by atoms with van der Waals surface area (Å²) in [7, 11) is 0. The van der Waals surface area contributed by atoms with Crippen molar-refractivity contribution >= 4 is 11.6 Å². The van der Waals surface area contributed by atoms with Crippen molar-refractivity contribution in [2.75, 3.05) is 29.9 Å². The number of nitrogens with one attached hydrogen (secondary N) is 1. The van der Waals surface area contributed by atoms with E-state index in [0.717, 1.165) is 36.8 Å². The fourth-order valence-corrected chi connectivity index (χ4v) is 2.80. The Labute approximate surface area is 131 Å². The van der Waals surface area contributed by atoms with Crippen LogP contribution in [0.3, 0.4) is 0 Å². The lowest BCUT2D eigenvalue weighted by atomic mass is 9.96. The fourth-order valence-electron chi connectivity index (χ4n) is 2.80. The summed E-state index contributed by atoms with van der Waals surface area (Å²) in [6.07, 6.45) is 8.00. The zero-order valence-corrected chi connectivity index (χ0v) is 13.3. The Morgan fingerprint density at radius 3 is 2.59 bits per heavy atom. The largest absolute Gasteiger partial charge is 0.371 e. The van der Waals surface area contributed by atoms with Crippen LogP contribution in [0, 0.1) is 19.8 Å². The summed E-state index contributed by atoms with van der Waals surface area (Å²) < 4.78 is 0. The fraction of sp³-hybridized carbons (Fsp3) is 0.471. The van der Waals surface area contributed by atoms with Gasteiger partial charge in [0.25, 0.3) is 0 Å². The molecular formula is C17H23N5. The maximum Gasteiger partial charge on any atom is 0.222 e. The third-order valence-electron chi connectivity index (χ3n) is 4.42. The van der Waals surface area contributed by atoms with E-state index in [4.69, 9.17) is 0 Å². The molecule has 2 aromatic rings. The Bertz CT molecular complexity index is 606. The number of rotatable bonds is 4. The molecule has 0 unspecified atom stereocenters. The first kappa shape index (κ1) is 14.8. The first-order valence-electron chi connectivity index (χ1n) is 7.91. The normalized spacial score (nSPS) is 15.8. The number of hydrogen-bond acceptors (Lipinski definition) is 5. The van der Waals surface area contributed by atoms with Gasteiger partial charge in [-0.2, -0.15) is 0 Å². The molecule has 116 valence electrons. The molecule has 3 heterocycles. The van der Waals surface area contributed by atoms with E-state index in [2.05, 4.69) is 37.3 Å². The highest BCUT2D eigenvalue weighted by Crippen LogP contribution is 2.22. The van der Waals surface area contributed by atoms with Gasteiger partial charge in [-0.25, -0.2) is 9.97 Å². The van der Waals surface area contributed by atoms with Crippen LogP contribution in [0.15, 0.2) is 30.7 Å². The second-order valence-corrected chi connectivity index (χ2v) is 5.98. The lowest BCUT2D eigenvalue weighted by molar-refractivity contribution is 0.423. The van der Waals surface area contributed by atoms with Gasteiger partial charge in [-0.1, -0.05) is 0 Å². The molecule has 22 heavy (non-hydrogen) atoms. The highest BCUT2D eigenvalue weighted by atomic mass is 15.1. The zero-order chi connectivity index (χ0) is 15.4. The Kier molecular flexibility index (Phi) is 4.51. The van der Waals surface area contributed by atoms with E-state index in [1.807, 2.05) is 32.4 Å². The number of nitrogens with zero attached hydrogens (tertiary/aromatic N) is 4. The van der Waals surface area contributed by atoms with Gasteiger partial charge in [0.1, 0.15) is 0 Å². The highest BCUT2D eigenvalue weighted by Gasteiger charge is 2.19. The molecule has 1 fully saturated rings. The van der Waals surface area contributed by atoms with Crippen molar-refractivity contribution in [3.05, 3.63) is 42.0 Å². The van der Waals surface area contributed by atoms with Crippen LogP contribution in [0.4, 0.5) is 11.6 Å². The van der Waals surface area contributed by atoms with Crippen molar-refractivity contribution in [1.29, 1.82) is 0 Å². The van der Waals surface area contributed by atoms with Gasteiger partial charge in [0.15, 0.2) is 0 Å². The molecule has 1 aliphatic rings. The van der Waals surface area contributed by atoms with Gasteiger partial charge in [-0.05, 0) is 50.3 Å². The van der Waals surface area contributed by atoms with Crippen molar-refractivity contribution in [1.82, 2.24) is 15.0 Å². The topological polar surface area (TPSA) is 53.9 Å². The van der Waals surface area contributed by atoms with Crippen LogP contribution in [-0.2, 0) is 0 Å². The number of pyridine rings is 1. The van der Waals surface area contributed by atoms with Crippen LogP contribution >= 0.6 is 0 Å². The molecule has 1 N–H and O–H groups in total. The van der Waals surface area contributed by atoms with E-state index in [1.165, 1.54) is 18.5 Å². The predicted molar refractivity (Wildman–Crippen MR) is 89.2 cm³/mol. The zero-order valence-electron chi connectivity index (χ0n) is 13.3. The lowest BCUT2D eigenvalue weighted by Gasteiger charge is -2.33. The minimum atomic E-state index is 0.684. The van der Waals surface area contributed by atoms with Gasteiger partial charge in [0, 0.05) is 49.6 Å². The Balaban J connectivity index is 1.49. The summed E-state index contributed by atoms with van der Waals surface area (Å²) >= 11 is 0. The highest BCUT2D eigenvalue weighted by molar-refractivity contribution is 5.44. The first-order chi connectivity index (χ1) is 10.7. The molecular weight excluding hydrogens is 274 g/mol. The van der Waals surface area contributed by atoms with Gasteiger partial charge < -0.3 is 10.2 Å². The number of hydrogen-bond donors (Lipinski definition) is 1. The maximum absolute atomic E-state index is 4.48. The average Bonchev–Trinajstić information content (AvgIpc) is 2.57. The van der Waals surface area contributed by atoms with E-state index in [9.17, 15) is 0 Å². The summed E-state index contributed by atoms with van der Waals surface area (Å²) in [6.45, 7) is 7.21. The van der Waals surface area contributed by atoms with E-state index >= 15 is 0 Å². The molecule has 5 nitrogen and oxygen atoms in total. The second kappa shape index (κ2) is 6.73. The quantitative estimate of drug-likeness (QED) is 0.940. The maximum atomic E-state index is 4.48. The van der Waals surface area contributed by atoms with Gasteiger partial charge in [0.2, 0.25) is 5.95 Å². The molecule has 3 rings (SSSR count). The first-order valence-corrected chi connectivity index (χ1v) is 7.91. The van der Waals surface area contributed by atoms with Crippen molar-refractivity contribution in [3.63, 3.8) is 0 Å². The molecule has 0 spiro atoms. The van der Waals surface area contributed by atoms with Crippen LogP contribution in [0.1, 0.15) is 24.1 Å². The molecule has 1 saturated heterocycles. The Morgan fingerprint density at radius 1 is 1.18 bits per heavy atom. The third-order valence-corrected chi connectivity index (χ3v) is 4.42. The van der Waals surface area contributed by atoms with Gasteiger partial charge in [-0.15, -0.1) is 0 Å². The Hall–Kier alpha value is -2.17. The van der Waals surface area contributed by atoms with Gasteiger partial charge in [0.05, 0.1) is 0 Å². The molecule has 0 aromatic carbocycles. The molecule has 0 aliphatic carbocycles. The molecule has 0 radical (unpaired) electrons. The van der Waals surface area contributed by atoms with Gasteiger partial charge in [-0.3, -0.25) is 4.98 Å². The van der Waals surface area contributed by atoms with Crippen molar-refractivity contribution in [2.45, 2.75) is 26.7 Å². The molecule has 0 atom stereocenters. The second-order valence-electron chi connectivity index (χ2n) is 5.98. The minimum Gasteiger partial charge on any atom is -0.371 e. The van der Waals surface area contributed by atoms with Gasteiger partial charge >= 0.3 is 0 Å². The van der Waals surface area contributed by atoms with E-state index in [1.54, 1.807) is 0 Å². The SMILES string of the molecule is Cc1cnc(NCC2CCN(c3ccncc3)CC2)nc1C. The summed E-state index contributed by atoms with van der Waals surface area (Å²) in [6, 6.07) is 4.17. The van der Waals surface area contributed by atoms with E-state index in [-0.39, 0.29) is 0 Å². The molecule has 0 saturated carbocycles. The van der Waals surface area contributed by atoms with E-state index in [0.29, 0.717) is 5.92 Å². The van der Waals surface area contributed by atoms with Crippen LogP contribution in [0.25, 0.3) is 0 Å². The van der Waals surface area contributed by atoms with Crippen molar-refractivity contribution in [2.24, 2.45) is 5.92 Å². The Morgan fingerprint density at radius 2 is 1.91 bits per heavy atom. The molecule has 2 aromatic heterocycles. The van der Waals surface area contributed by atoms with Crippen molar-refractivity contribution < 1.29 is 0 Å². The summed E-state index contributed by atoms with van der Waals surface area (Å²) in [5.41, 5.74) is 3.46. The summed E-state index contributed by atoms with van der Waals surface area (Å²) in [5.74, 6) is 1.43. The third kappa shape index (κ3) is 3.53. The van der Waals surface area contributed by atoms with Crippen LogP contribution in [0.5, 0.6) is 0 Å². The number of aryl methyl sites for hydroxylation is 2. The minimum absolute atomic E-state index is 0.684. The van der Waals surface area contributed by atoms with E-state index < -0.39 is 0 Å². The molecule has 5 heteroatoms. The van der Waals surface area contributed by atoms with Crippen LogP contribution in [0.2, 0.25) is 0 Å². The molecule has 0 bridgehead atoms. The lowest BCUT2D eigenvalue weighted by Crippen LogP contribution is -2.35. The number of aromatic nitrogens is 3. The summed E-state index contributed by atoms with van der Waals surface area (Å²) in [4.78, 5) is 15.3. The molecule has 1 aliphatic heterocycles. The number of piperidine rings is 1. The summed E-state index contributed by atoms with van der Waals surface area (Å²) in [5, 5.41) is 3.39. The molecule has 0 amide bonds. The monoisotopic (exact) mass is 297 g/mol. The smallest absolute Gasteiger partial charge is 0.222 e. The van der Waals surface area contributed by atoms with Crippen molar-refractivity contribution in [3.8, 4) is 0 Å². The standard InChI is InChI=1S/C17H23N5/c1-13-11-19-17(21-14(13)2)20-12-15-5-9-22(10-6-15)16-3-7-18-8-4-16/h3-4,7-8,11,15H,5-6,9-10,12H2,1-2H3,(H,19,20,21). The van der Waals surface area contributed by atoms with Crippen LogP contribution < -0.4 is 10.2 Å². The average molecular weight is 297 g/mol. The predicted octanol–water partition coefficient (Wildman–Crippen LogP) is 2.82.